The second kappa shape index (κ2) is 5.71. The molecule has 96 valence electrons. The molecule has 0 unspecified atom stereocenters. The first-order valence-corrected chi connectivity index (χ1v) is 6.29. The number of hydrogen-bond donors (Lipinski definition) is 1. The Hall–Kier alpha value is -1.77. The van der Waals surface area contributed by atoms with Crippen molar-refractivity contribution in [3.8, 4) is 5.75 Å². The molecule has 1 N–H and O–H groups in total. The molecule has 2 rings (SSSR count). The van der Waals surface area contributed by atoms with Gasteiger partial charge in [0.05, 0.1) is 6.61 Å². The van der Waals surface area contributed by atoms with E-state index in [-0.39, 0.29) is 0 Å². The molecule has 1 aromatic carbocycles. The van der Waals surface area contributed by atoms with E-state index >= 15 is 0 Å². The molecule has 1 aliphatic carbocycles. The molecule has 0 aliphatic heterocycles. The summed E-state index contributed by atoms with van der Waals surface area (Å²) in [4.78, 5) is 10.6. The number of aliphatic carboxylic acids is 1. The molecule has 1 fully saturated rings. The SMILES string of the molecule is Cc1ccc(OCC2CCC2)c(C=CC(=O)O)c1. The molecule has 0 spiro atoms. The van der Waals surface area contributed by atoms with E-state index in [0.29, 0.717) is 5.92 Å². The third-order valence-electron chi connectivity index (χ3n) is 3.27. The minimum atomic E-state index is -0.943. The second-order valence-corrected chi connectivity index (χ2v) is 4.82. The monoisotopic (exact) mass is 246 g/mol. The van der Waals surface area contributed by atoms with E-state index in [1.165, 1.54) is 19.3 Å². The fraction of sp³-hybridized carbons (Fsp3) is 0.400. The molecule has 1 aliphatic rings. The van der Waals surface area contributed by atoms with Gasteiger partial charge in [-0.05, 0) is 43.9 Å². The van der Waals surface area contributed by atoms with Crippen LogP contribution in [0.3, 0.4) is 0 Å². The van der Waals surface area contributed by atoms with Crippen molar-refractivity contribution in [1.29, 1.82) is 0 Å². The number of rotatable bonds is 5. The van der Waals surface area contributed by atoms with Gasteiger partial charge in [0.15, 0.2) is 0 Å². The van der Waals surface area contributed by atoms with Crippen molar-refractivity contribution in [2.24, 2.45) is 5.92 Å². The Morgan fingerprint density at radius 1 is 1.50 bits per heavy atom. The van der Waals surface area contributed by atoms with Crippen LogP contribution in [0.5, 0.6) is 5.75 Å². The molecular formula is C15H18O3. The Labute approximate surface area is 107 Å². The highest BCUT2D eigenvalue weighted by Crippen LogP contribution is 2.28. The van der Waals surface area contributed by atoms with Crippen LogP contribution < -0.4 is 4.74 Å². The first-order chi connectivity index (χ1) is 8.65. The van der Waals surface area contributed by atoms with E-state index < -0.39 is 5.97 Å². The van der Waals surface area contributed by atoms with Crippen LogP contribution in [0.4, 0.5) is 0 Å². The fourth-order valence-corrected chi connectivity index (χ4v) is 1.96. The van der Waals surface area contributed by atoms with Crippen molar-refractivity contribution < 1.29 is 14.6 Å². The van der Waals surface area contributed by atoms with Crippen LogP contribution >= 0.6 is 0 Å². The summed E-state index contributed by atoms with van der Waals surface area (Å²) in [6.45, 7) is 2.71. The van der Waals surface area contributed by atoms with E-state index in [9.17, 15) is 4.79 Å². The van der Waals surface area contributed by atoms with Crippen molar-refractivity contribution in [2.45, 2.75) is 26.2 Å². The van der Waals surface area contributed by atoms with Crippen LogP contribution in [0.1, 0.15) is 30.4 Å². The largest absolute Gasteiger partial charge is 0.493 e. The highest BCUT2D eigenvalue weighted by Gasteiger charge is 2.18. The van der Waals surface area contributed by atoms with Gasteiger partial charge in [-0.2, -0.15) is 0 Å². The smallest absolute Gasteiger partial charge is 0.328 e. The van der Waals surface area contributed by atoms with Gasteiger partial charge in [0.25, 0.3) is 0 Å². The van der Waals surface area contributed by atoms with Crippen LogP contribution in [-0.2, 0) is 4.79 Å². The predicted octanol–water partition coefficient (Wildman–Crippen LogP) is 3.27. The second-order valence-electron chi connectivity index (χ2n) is 4.82. The quantitative estimate of drug-likeness (QED) is 0.811. The molecule has 18 heavy (non-hydrogen) atoms. The standard InChI is InChI=1S/C15H18O3/c1-11-5-7-14(18-10-12-3-2-4-12)13(9-11)6-8-15(16)17/h5-9,12H,2-4,10H2,1H3,(H,16,17). The zero-order valence-electron chi connectivity index (χ0n) is 10.6. The van der Waals surface area contributed by atoms with Crippen molar-refractivity contribution in [2.75, 3.05) is 6.61 Å². The highest BCUT2D eigenvalue weighted by atomic mass is 16.5. The molecule has 0 heterocycles. The maximum absolute atomic E-state index is 10.6. The van der Waals surface area contributed by atoms with Crippen LogP contribution in [0.2, 0.25) is 0 Å². The summed E-state index contributed by atoms with van der Waals surface area (Å²) in [5, 5.41) is 8.67. The lowest BCUT2D eigenvalue weighted by atomic mass is 9.86. The number of aryl methyl sites for hydroxylation is 1. The number of carboxylic acid groups (broad SMARTS) is 1. The number of benzene rings is 1. The molecule has 1 saturated carbocycles. The molecule has 3 nitrogen and oxygen atoms in total. The fourth-order valence-electron chi connectivity index (χ4n) is 1.96. The van der Waals surface area contributed by atoms with Crippen LogP contribution in [0.15, 0.2) is 24.3 Å². The van der Waals surface area contributed by atoms with E-state index in [2.05, 4.69) is 0 Å². The summed E-state index contributed by atoms with van der Waals surface area (Å²) in [5.41, 5.74) is 1.92. The van der Waals surface area contributed by atoms with Crippen molar-refractivity contribution in [3.05, 3.63) is 35.4 Å². The number of carbonyl (C=O) groups is 1. The van der Waals surface area contributed by atoms with E-state index in [4.69, 9.17) is 9.84 Å². The Balaban J connectivity index is 2.08. The maximum Gasteiger partial charge on any atom is 0.328 e. The summed E-state index contributed by atoms with van der Waals surface area (Å²) in [7, 11) is 0. The third kappa shape index (κ3) is 3.36. The van der Waals surface area contributed by atoms with Gasteiger partial charge >= 0.3 is 5.97 Å². The van der Waals surface area contributed by atoms with Gasteiger partial charge in [-0.3, -0.25) is 0 Å². The summed E-state index contributed by atoms with van der Waals surface area (Å²) in [6.07, 6.45) is 6.52. The average molecular weight is 246 g/mol. The molecule has 0 amide bonds. The molecule has 1 aromatic rings. The molecule has 0 atom stereocenters. The van der Waals surface area contributed by atoms with Crippen molar-refractivity contribution in [1.82, 2.24) is 0 Å². The number of carboxylic acids is 1. The summed E-state index contributed by atoms with van der Waals surface area (Å²) in [5.74, 6) is 0.494. The maximum atomic E-state index is 10.6. The lowest BCUT2D eigenvalue weighted by molar-refractivity contribution is -0.131. The van der Waals surface area contributed by atoms with Crippen molar-refractivity contribution >= 4 is 12.0 Å². The van der Waals surface area contributed by atoms with E-state index in [1.807, 2.05) is 25.1 Å². The Bertz CT molecular complexity index is 459. The van der Waals surface area contributed by atoms with Gasteiger partial charge in [-0.1, -0.05) is 18.1 Å². The van der Waals surface area contributed by atoms with Gasteiger partial charge in [-0.15, -0.1) is 0 Å². The van der Waals surface area contributed by atoms with Gasteiger partial charge in [0.1, 0.15) is 5.75 Å². The Morgan fingerprint density at radius 3 is 2.89 bits per heavy atom. The van der Waals surface area contributed by atoms with Crippen LogP contribution in [0.25, 0.3) is 6.08 Å². The molecular weight excluding hydrogens is 228 g/mol. The molecule has 3 heteroatoms. The van der Waals surface area contributed by atoms with E-state index in [0.717, 1.165) is 29.6 Å². The molecule has 0 saturated heterocycles. The molecule has 0 aromatic heterocycles. The normalized spacial score (nSPS) is 15.6. The van der Waals surface area contributed by atoms with Gasteiger partial charge in [-0.25, -0.2) is 4.79 Å². The van der Waals surface area contributed by atoms with Crippen LogP contribution in [-0.4, -0.2) is 17.7 Å². The molecule has 0 radical (unpaired) electrons. The lowest BCUT2D eigenvalue weighted by Gasteiger charge is -2.25. The van der Waals surface area contributed by atoms with E-state index in [1.54, 1.807) is 6.08 Å². The van der Waals surface area contributed by atoms with Gasteiger partial charge in [0, 0.05) is 11.6 Å². The zero-order chi connectivity index (χ0) is 13.0. The lowest BCUT2D eigenvalue weighted by Crippen LogP contribution is -2.19. The molecule has 0 bridgehead atoms. The van der Waals surface area contributed by atoms with Gasteiger partial charge < -0.3 is 9.84 Å². The minimum Gasteiger partial charge on any atom is -0.493 e. The average Bonchev–Trinajstić information content (AvgIpc) is 2.26. The summed E-state index contributed by atoms with van der Waals surface area (Å²) < 4.78 is 5.78. The van der Waals surface area contributed by atoms with Gasteiger partial charge in [0.2, 0.25) is 0 Å². The number of hydrogen-bond acceptors (Lipinski definition) is 2. The minimum absolute atomic E-state index is 0.669. The summed E-state index contributed by atoms with van der Waals surface area (Å²) >= 11 is 0. The topological polar surface area (TPSA) is 46.5 Å². The number of ether oxygens (including phenoxy) is 1. The first kappa shape index (κ1) is 12.7. The van der Waals surface area contributed by atoms with Crippen LogP contribution in [0, 0.1) is 12.8 Å². The van der Waals surface area contributed by atoms with Crippen molar-refractivity contribution in [3.63, 3.8) is 0 Å². The third-order valence-corrected chi connectivity index (χ3v) is 3.27. The summed E-state index contributed by atoms with van der Waals surface area (Å²) in [6, 6.07) is 5.83. The highest BCUT2D eigenvalue weighted by molar-refractivity contribution is 5.85. The predicted molar refractivity (Wildman–Crippen MR) is 70.7 cm³/mol. The first-order valence-electron chi connectivity index (χ1n) is 6.29. The Morgan fingerprint density at radius 2 is 2.28 bits per heavy atom. The Kier molecular flexibility index (Phi) is 4.03. The zero-order valence-corrected chi connectivity index (χ0v) is 10.6.